The summed E-state index contributed by atoms with van der Waals surface area (Å²) in [5.41, 5.74) is 2.56. The molecule has 0 aromatic carbocycles. The Morgan fingerprint density at radius 2 is 2.33 bits per heavy atom. The molecule has 84 valence electrons. The van der Waals surface area contributed by atoms with Crippen molar-refractivity contribution in [1.29, 1.82) is 0 Å². The van der Waals surface area contributed by atoms with Crippen molar-refractivity contribution >= 4 is 17.3 Å². The predicted octanol–water partition coefficient (Wildman–Crippen LogP) is 1.38. The van der Waals surface area contributed by atoms with E-state index in [4.69, 9.17) is 5.84 Å². The van der Waals surface area contributed by atoms with Crippen LogP contribution in [-0.4, -0.2) is 12.5 Å². The monoisotopic (exact) mass is 226 g/mol. The summed E-state index contributed by atoms with van der Waals surface area (Å²) in [6.45, 7) is 5.75. The molecule has 0 aliphatic carbocycles. The molecule has 0 fully saturated rings. The van der Waals surface area contributed by atoms with Crippen molar-refractivity contribution in [3.05, 3.63) is 21.9 Å². The molecule has 0 radical (unpaired) electrons. The number of nitrogens with zero attached hydrogens (tertiary/aromatic N) is 1. The number of hydrogen-bond donors (Lipinski definition) is 3. The summed E-state index contributed by atoms with van der Waals surface area (Å²) in [7, 11) is 0. The third-order valence-corrected chi connectivity index (χ3v) is 2.85. The molecule has 5 heteroatoms. The first-order valence-corrected chi connectivity index (χ1v) is 5.88. The van der Waals surface area contributed by atoms with Gasteiger partial charge in [0.15, 0.2) is 0 Å². The second kappa shape index (κ2) is 6.42. The molecule has 4 N–H and O–H groups in total. The van der Waals surface area contributed by atoms with Gasteiger partial charge in [0.1, 0.15) is 0 Å². The van der Waals surface area contributed by atoms with E-state index in [1.165, 1.54) is 9.75 Å². The van der Waals surface area contributed by atoms with Gasteiger partial charge in [0.25, 0.3) is 0 Å². The summed E-state index contributed by atoms with van der Waals surface area (Å²) in [5.74, 6) is 6.00. The lowest BCUT2D eigenvalue weighted by Gasteiger charge is -2.06. The van der Waals surface area contributed by atoms with Crippen molar-refractivity contribution in [2.75, 3.05) is 6.54 Å². The van der Waals surface area contributed by atoms with Crippen LogP contribution in [0.4, 0.5) is 0 Å². The van der Waals surface area contributed by atoms with E-state index in [-0.39, 0.29) is 0 Å². The molecule has 0 saturated carbocycles. The molecule has 1 aromatic rings. The Morgan fingerprint density at radius 1 is 1.53 bits per heavy atom. The third kappa shape index (κ3) is 4.31. The SMILES string of the molecule is CCCNC(=NCc1ccc(C)s1)NN. The largest absolute Gasteiger partial charge is 0.355 e. The van der Waals surface area contributed by atoms with Gasteiger partial charge in [-0.3, -0.25) is 5.43 Å². The standard InChI is InChI=1S/C10H18N4S/c1-3-6-12-10(14-11)13-7-9-5-4-8(2)15-9/h4-5H,3,6-7,11H2,1-2H3,(H2,12,13,14). The van der Waals surface area contributed by atoms with Crippen LogP contribution in [0.25, 0.3) is 0 Å². The number of rotatable bonds is 4. The van der Waals surface area contributed by atoms with Gasteiger partial charge in [-0.05, 0) is 25.5 Å². The van der Waals surface area contributed by atoms with Crippen molar-refractivity contribution in [2.45, 2.75) is 26.8 Å². The van der Waals surface area contributed by atoms with Gasteiger partial charge in [-0.25, -0.2) is 10.8 Å². The lowest BCUT2D eigenvalue weighted by Crippen LogP contribution is -2.41. The number of aryl methyl sites for hydroxylation is 1. The summed E-state index contributed by atoms with van der Waals surface area (Å²) in [6, 6.07) is 4.20. The van der Waals surface area contributed by atoms with Crippen molar-refractivity contribution in [3.8, 4) is 0 Å². The van der Waals surface area contributed by atoms with Crippen molar-refractivity contribution < 1.29 is 0 Å². The van der Waals surface area contributed by atoms with Crippen LogP contribution >= 0.6 is 11.3 Å². The highest BCUT2D eigenvalue weighted by molar-refractivity contribution is 7.11. The van der Waals surface area contributed by atoms with Crippen LogP contribution in [0, 0.1) is 6.92 Å². The quantitative estimate of drug-likeness (QED) is 0.314. The van der Waals surface area contributed by atoms with E-state index in [1.54, 1.807) is 11.3 Å². The van der Waals surface area contributed by atoms with Crippen LogP contribution in [0.3, 0.4) is 0 Å². The molecule has 15 heavy (non-hydrogen) atoms. The van der Waals surface area contributed by atoms with Gasteiger partial charge in [0.2, 0.25) is 5.96 Å². The summed E-state index contributed by atoms with van der Waals surface area (Å²) in [6.07, 6.45) is 1.05. The number of aliphatic imine (C=N–C) groups is 1. The maximum absolute atomic E-state index is 5.34. The molecule has 0 bridgehead atoms. The van der Waals surface area contributed by atoms with Crippen molar-refractivity contribution in [2.24, 2.45) is 10.8 Å². The summed E-state index contributed by atoms with van der Waals surface area (Å²) in [4.78, 5) is 6.90. The Labute approximate surface area is 94.6 Å². The topological polar surface area (TPSA) is 62.4 Å². The van der Waals surface area contributed by atoms with E-state index in [0.29, 0.717) is 12.5 Å². The Morgan fingerprint density at radius 3 is 2.87 bits per heavy atom. The molecule has 0 spiro atoms. The second-order valence-corrected chi connectivity index (χ2v) is 4.62. The molecule has 1 heterocycles. The lowest BCUT2D eigenvalue weighted by molar-refractivity contribution is 0.791. The van der Waals surface area contributed by atoms with Crippen LogP contribution in [0.2, 0.25) is 0 Å². The summed E-state index contributed by atoms with van der Waals surface area (Å²) < 4.78 is 0. The predicted molar refractivity (Wildman–Crippen MR) is 65.8 cm³/mol. The van der Waals surface area contributed by atoms with Gasteiger partial charge in [-0.2, -0.15) is 0 Å². The molecule has 4 nitrogen and oxygen atoms in total. The minimum absolute atomic E-state index is 0.655. The van der Waals surface area contributed by atoms with Gasteiger partial charge in [-0.1, -0.05) is 6.92 Å². The fourth-order valence-electron chi connectivity index (χ4n) is 1.12. The van der Waals surface area contributed by atoms with E-state index in [1.807, 2.05) is 0 Å². The van der Waals surface area contributed by atoms with Gasteiger partial charge in [0.05, 0.1) is 6.54 Å². The number of thiophene rings is 1. The Kier molecular flexibility index (Phi) is 5.14. The zero-order valence-corrected chi connectivity index (χ0v) is 10.0. The number of nitrogens with two attached hydrogens (primary N) is 1. The minimum Gasteiger partial charge on any atom is -0.355 e. The van der Waals surface area contributed by atoms with Gasteiger partial charge >= 0.3 is 0 Å². The van der Waals surface area contributed by atoms with Crippen LogP contribution in [0.1, 0.15) is 23.1 Å². The first kappa shape index (κ1) is 12.0. The van der Waals surface area contributed by atoms with Crippen LogP contribution in [-0.2, 0) is 6.54 Å². The molecule has 0 saturated heterocycles. The van der Waals surface area contributed by atoms with E-state index < -0.39 is 0 Å². The van der Waals surface area contributed by atoms with E-state index >= 15 is 0 Å². The second-order valence-electron chi connectivity index (χ2n) is 3.25. The fraction of sp³-hybridized carbons (Fsp3) is 0.500. The van der Waals surface area contributed by atoms with E-state index in [2.05, 4.69) is 41.7 Å². The smallest absolute Gasteiger partial charge is 0.206 e. The molecule has 0 aliphatic rings. The average Bonchev–Trinajstić information content (AvgIpc) is 2.65. The maximum atomic E-state index is 5.34. The number of guanidine groups is 1. The highest BCUT2D eigenvalue weighted by Gasteiger charge is 1.97. The highest BCUT2D eigenvalue weighted by atomic mass is 32.1. The molecule has 0 unspecified atom stereocenters. The van der Waals surface area contributed by atoms with Crippen LogP contribution in [0.5, 0.6) is 0 Å². The average molecular weight is 226 g/mol. The molecule has 0 atom stereocenters. The molecular weight excluding hydrogens is 208 g/mol. The van der Waals surface area contributed by atoms with Gasteiger partial charge in [0, 0.05) is 16.3 Å². The summed E-state index contributed by atoms with van der Waals surface area (Å²) >= 11 is 1.76. The maximum Gasteiger partial charge on any atom is 0.206 e. The van der Waals surface area contributed by atoms with Gasteiger partial charge in [-0.15, -0.1) is 11.3 Å². The number of hydrogen-bond acceptors (Lipinski definition) is 3. The number of nitrogens with one attached hydrogen (secondary N) is 2. The normalized spacial score (nSPS) is 11.5. The van der Waals surface area contributed by atoms with Crippen molar-refractivity contribution in [1.82, 2.24) is 10.7 Å². The summed E-state index contributed by atoms with van der Waals surface area (Å²) in [5, 5.41) is 3.11. The van der Waals surface area contributed by atoms with Crippen LogP contribution < -0.4 is 16.6 Å². The first-order chi connectivity index (χ1) is 7.26. The Hall–Kier alpha value is -1.07. The van der Waals surface area contributed by atoms with E-state index in [9.17, 15) is 0 Å². The zero-order chi connectivity index (χ0) is 11.1. The minimum atomic E-state index is 0.655. The zero-order valence-electron chi connectivity index (χ0n) is 9.21. The molecule has 1 rings (SSSR count). The van der Waals surface area contributed by atoms with Gasteiger partial charge < -0.3 is 5.32 Å². The Bertz CT molecular complexity index is 319. The molecule has 1 aromatic heterocycles. The lowest BCUT2D eigenvalue weighted by atomic mass is 10.4. The highest BCUT2D eigenvalue weighted by Crippen LogP contribution is 2.15. The fourth-order valence-corrected chi connectivity index (χ4v) is 1.94. The first-order valence-electron chi connectivity index (χ1n) is 5.06. The van der Waals surface area contributed by atoms with Crippen molar-refractivity contribution in [3.63, 3.8) is 0 Å². The molecular formula is C10H18N4S. The van der Waals surface area contributed by atoms with Crippen LogP contribution in [0.15, 0.2) is 17.1 Å². The molecule has 0 aliphatic heterocycles. The molecule has 0 amide bonds. The Balaban J connectivity index is 2.46. The third-order valence-electron chi connectivity index (χ3n) is 1.87. The number of hydrazine groups is 1. The van der Waals surface area contributed by atoms with E-state index in [0.717, 1.165) is 13.0 Å².